The van der Waals surface area contributed by atoms with Crippen LogP contribution in [0.15, 0.2) is 48.5 Å². The number of rotatable bonds is 4. The highest BCUT2D eigenvalue weighted by Crippen LogP contribution is 2.16. The summed E-state index contributed by atoms with van der Waals surface area (Å²) in [6, 6.07) is 1.88. The first-order valence-corrected chi connectivity index (χ1v) is 4.68. The van der Waals surface area contributed by atoms with E-state index in [0.29, 0.717) is 0 Å². The van der Waals surface area contributed by atoms with Crippen LogP contribution in [0.25, 0.3) is 17.0 Å². The zero-order valence-electron chi connectivity index (χ0n) is 8.67. The molecule has 0 spiro atoms. The minimum absolute atomic E-state index is 0.765. The Kier molecular flexibility index (Phi) is 2.77. The molecule has 0 bridgehead atoms. The number of nitrogens with zero attached hydrogens (tertiary/aromatic N) is 4. The van der Waals surface area contributed by atoms with Gasteiger partial charge in [0.05, 0.1) is 23.8 Å². The lowest BCUT2D eigenvalue weighted by molar-refractivity contribution is 0.908. The number of allylic oxidation sites excluding steroid dienone is 2. The Morgan fingerprint density at radius 3 is 3.06 bits per heavy atom. The number of nitrogens with one attached hydrogen (secondary N) is 1. The molecule has 2 rings (SSSR count). The lowest BCUT2D eigenvalue weighted by atomic mass is 10.3. The van der Waals surface area contributed by atoms with E-state index in [-0.39, 0.29) is 0 Å². The van der Waals surface area contributed by atoms with Crippen LogP contribution >= 0.6 is 0 Å². The fraction of sp³-hybridized carbons (Fsp3) is 0. The van der Waals surface area contributed by atoms with Gasteiger partial charge in [0, 0.05) is 18.0 Å². The largest absolute Gasteiger partial charge is 0.278 e. The van der Waals surface area contributed by atoms with Crippen molar-refractivity contribution < 1.29 is 0 Å². The van der Waals surface area contributed by atoms with E-state index >= 15 is 0 Å². The predicted octanol–water partition coefficient (Wildman–Crippen LogP) is 1.96. The van der Waals surface area contributed by atoms with Gasteiger partial charge in [0.1, 0.15) is 0 Å². The van der Waals surface area contributed by atoms with Gasteiger partial charge in [0.25, 0.3) is 0 Å². The first-order valence-electron chi connectivity index (χ1n) is 4.68. The zero-order valence-corrected chi connectivity index (χ0v) is 8.67. The molecule has 2 aromatic rings. The van der Waals surface area contributed by atoms with Crippen LogP contribution < -0.4 is 0 Å². The standard InChI is InChI=1S/C11H11N5/c1-3-10(7-12-2)16-8-9(6-14-16)11-4-5-13-15-11/h3-8H,1-2H2,(H,13,15)/b10-7+. The monoisotopic (exact) mass is 213 g/mol. The van der Waals surface area contributed by atoms with Gasteiger partial charge in [-0.05, 0) is 18.9 Å². The zero-order chi connectivity index (χ0) is 11.4. The summed E-state index contributed by atoms with van der Waals surface area (Å²) in [7, 11) is 0. The average Bonchev–Trinajstić information content (AvgIpc) is 2.95. The van der Waals surface area contributed by atoms with E-state index in [9.17, 15) is 0 Å². The molecule has 16 heavy (non-hydrogen) atoms. The topological polar surface area (TPSA) is 58.9 Å². The minimum atomic E-state index is 0.765. The van der Waals surface area contributed by atoms with Crippen molar-refractivity contribution in [3.05, 3.63) is 43.5 Å². The Hall–Kier alpha value is -2.43. The first kappa shape index (κ1) is 10.1. The summed E-state index contributed by atoms with van der Waals surface area (Å²) in [5, 5.41) is 11.0. The molecule has 0 saturated carbocycles. The van der Waals surface area contributed by atoms with Crippen molar-refractivity contribution in [3.63, 3.8) is 0 Å². The quantitative estimate of drug-likeness (QED) is 0.623. The number of aromatic amines is 1. The summed E-state index contributed by atoms with van der Waals surface area (Å²) in [5.41, 5.74) is 2.64. The van der Waals surface area contributed by atoms with E-state index in [1.165, 1.54) is 0 Å². The van der Waals surface area contributed by atoms with Gasteiger partial charge in [-0.2, -0.15) is 10.2 Å². The highest BCUT2D eigenvalue weighted by atomic mass is 15.3. The van der Waals surface area contributed by atoms with Crippen LogP contribution in [0.2, 0.25) is 0 Å². The lowest BCUT2D eigenvalue weighted by Gasteiger charge is -1.98. The number of H-pyrrole nitrogens is 1. The second kappa shape index (κ2) is 4.39. The molecule has 0 unspecified atom stereocenters. The second-order valence-electron chi connectivity index (χ2n) is 3.08. The van der Waals surface area contributed by atoms with E-state index in [1.54, 1.807) is 29.4 Å². The lowest BCUT2D eigenvalue weighted by Crippen LogP contribution is -1.93. The van der Waals surface area contributed by atoms with Crippen molar-refractivity contribution in [2.75, 3.05) is 0 Å². The third-order valence-corrected chi connectivity index (χ3v) is 2.09. The summed E-state index contributed by atoms with van der Waals surface area (Å²) in [6.07, 6.45) is 8.57. The van der Waals surface area contributed by atoms with Crippen LogP contribution in [0.3, 0.4) is 0 Å². The number of aromatic nitrogens is 4. The van der Waals surface area contributed by atoms with Crippen LogP contribution in [-0.2, 0) is 0 Å². The Labute approximate surface area is 92.8 Å². The number of hydrogen-bond acceptors (Lipinski definition) is 3. The molecular weight excluding hydrogens is 202 g/mol. The van der Waals surface area contributed by atoms with Gasteiger partial charge in [-0.1, -0.05) is 6.58 Å². The highest BCUT2D eigenvalue weighted by molar-refractivity contribution is 5.61. The molecule has 80 valence electrons. The Bertz CT molecular complexity index is 518. The molecule has 0 aliphatic heterocycles. The summed E-state index contributed by atoms with van der Waals surface area (Å²) in [6.45, 7) is 7.09. The molecule has 0 radical (unpaired) electrons. The van der Waals surface area contributed by atoms with E-state index in [4.69, 9.17) is 0 Å². The molecule has 0 amide bonds. The van der Waals surface area contributed by atoms with Gasteiger partial charge in [0.2, 0.25) is 0 Å². The van der Waals surface area contributed by atoms with Crippen LogP contribution in [0.4, 0.5) is 0 Å². The summed E-state index contributed by atoms with van der Waals surface area (Å²) < 4.78 is 1.68. The average molecular weight is 213 g/mol. The fourth-order valence-electron chi connectivity index (χ4n) is 1.32. The Morgan fingerprint density at radius 2 is 2.44 bits per heavy atom. The maximum Gasteiger partial charge on any atom is 0.0822 e. The van der Waals surface area contributed by atoms with Crippen LogP contribution in [0, 0.1) is 0 Å². The van der Waals surface area contributed by atoms with Gasteiger partial charge in [0.15, 0.2) is 0 Å². The molecule has 5 nitrogen and oxygen atoms in total. The molecule has 0 saturated heterocycles. The molecule has 0 aliphatic rings. The summed E-state index contributed by atoms with van der Waals surface area (Å²) in [4.78, 5) is 3.69. The first-order chi connectivity index (χ1) is 7.85. The maximum absolute atomic E-state index is 4.20. The van der Waals surface area contributed by atoms with Gasteiger partial charge in [-0.25, -0.2) is 4.68 Å². The molecule has 1 N–H and O–H groups in total. The second-order valence-corrected chi connectivity index (χ2v) is 3.08. The highest BCUT2D eigenvalue weighted by Gasteiger charge is 2.03. The van der Waals surface area contributed by atoms with E-state index in [1.807, 2.05) is 12.3 Å². The smallest absolute Gasteiger partial charge is 0.0822 e. The molecule has 2 aromatic heterocycles. The third kappa shape index (κ3) is 1.83. The normalized spacial score (nSPS) is 11.4. The van der Waals surface area contributed by atoms with Gasteiger partial charge in [-0.3, -0.25) is 10.1 Å². The van der Waals surface area contributed by atoms with Crippen molar-refractivity contribution >= 4 is 12.4 Å². The van der Waals surface area contributed by atoms with E-state index in [2.05, 4.69) is 33.6 Å². The summed E-state index contributed by atoms with van der Waals surface area (Å²) >= 11 is 0. The Balaban J connectivity index is 2.36. The fourth-order valence-corrected chi connectivity index (χ4v) is 1.32. The number of hydrogen-bond donors (Lipinski definition) is 1. The van der Waals surface area contributed by atoms with Crippen molar-refractivity contribution in [2.45, 2.75) is 0 Å². The van der Waals surface area contributed by atoms with Crippen molar-refractivity contribution in [2.24, 2.45) is 4.99 Å². The van der Waals surface area contributed by atoms with Crippen LogP contribution in [0.5, 0.6) is 0 Å². The Morgan fingerprint density at radius 1 is 1.56 bits per heavy atom. The maximum atomic E-state index is 4.20. The van der Waals surface area contributed by atoms with Gasteiger partial charge in [-0.15, -0.1) is 0 Å². The molecule has 0 aromatic carbocycles. The third-order valence-electron chi connectivity index (χ3n) is 2.09. The minimum Gasteiger partial charge on any atom is -0.278 e. The molecule has 2 heterocycles. The molecule has 0 aliphatic carbocycles. The van der Waals surface area contributed by atoms with Crippen LogP contribution in [0.1, 0.15) is 0 Å². The van der Waals surface area contributed by atoms with Crippen LogP contribution in [-0.4, -0.2) is 26.7 Å². The van der Waals surface area contributed by atoms with Crippen molar-refractivity contribution in [1.29, 1.82) is 0 Å². The SMILES string of the molecule is C=C/C(=C\N=C)n1cc(-c2ccn[nH]2)cn1. The molecule has 0 fully saturated rings. The predicted molar refractivity (Wildman–Crippen MR) is 63.8 cm³/mol. The van der Waals surface area contributed by atoms with Crippen molar-refractivity contribution in [3.8, 4) is 11.3 Å². The van der Waals surface area contributed by atoms with Gasteiger partial charge >= 0.3 is 0 Å². The summed E-state index contributed by atoms with van der Waals surface area (Å²) in [5.74, 6) is 0. The van der Waals surface area contributed by atoms with E-state index < -0.39 is 0 Å². The number of aliphatic imine (C=N–C) groups is 1. The molecular formula is C11H11N5. The molecule has 5 heteroatoms. The molecule has 0 atom stereocenters. The van der Waals surface area contributed by atoms with Crippen molar-refractivity contribution in [1.82, 2.24) is 20.0 Å². The van der Waals surface area contributed by atoms with Gasteiger partial charge < -0.3 is 0 Å². The van der Waals surface area contributed by atoms with E-state index in [0.717, 1.165) is 17.0 Å².